The van der Waals surface area contributed by atoms with Gasteiger partial charge in [-0.2, -0.15) is 0 Å². The van der Waals surface area contributed by atoms with Gasteiger partial charge in [-0.1, -0.05) is 42.1 Å². The molecule has 3 rings (SSSR count). The third-order valence-corrected chi connectivity index (χ3v) is 7.79. The molecule has 158 valence electrons. The van der Waals surface area contributed by atoms with Gasteiger partial charge in [-0.25, -0.2) is 13.2 Å². The fourth-order valence-corrected chi connectivity index (χ4v) is 5.94. The van der Waals surface area contributed by atoms with E-state index in [0.717, 1.165) is 25.7 Å². The molecule has 0 radical (unpaired) electrons. The van der Waals surface area contributed by atoms with Crippen LogP contribution in [0.3, 0.4) is 0 Å². The number of carbonyl (C=O) groups is 2. The number of nitrogens with zero attached hydrogens (tertiary/aromatic N) is 1. The zero-order valence-corrected chi connectivity index (χ0v) is 18.2. The van der Waals surface area contributed by atoms with Crippen LogP contribution in [0.1, 0.15) is 37.7 Å². The highest BCUT2D eigenvalue weighted by Gasteiger charge is 2.39. The van der Waals surface area contributed by atoms with Crippen molar-refractivity contribution in [2.45, 2.75) is 44.2 Å². The minimum Gasteiger partial charge on any atom is -0.452 e. The standard InChI is InChI=1S/C20H23Cl2NO5S/c21-17-7-5-14(11-18(17)22)6-8-20(25)28-12-19(24)23(15-3-1-2-4-15)16-9-10-29(26,27)13-16/h5-8,11,15-16H,1-4,9-10,12-13H2/b8-6+. The first-order chi connectivity index (χ1) is 13.7. The van der Waals surface area contributed by atoms with E-state index in [1.165, 1.54) is 12.2 Å². The molecule has 1 aliphatic heterocycles. The summed E-state index contributed by atoms with van der Waals surface area (Å²) in [6.45, 7) is -0.405. The van der Waals surface area contributed by atoms with Crippen LogP contribution in [0.25, 0.3) is 6.08 Å². The summed E-state index contributed by atoms with van der Waals surface area (Å²) in [4.78, 5) is 26.5. The van der Waals surface area contributed by atoms with Gasteiger partial charge in [0, 0.05) is 18.2 Å². The normalized spacial score (nSPS) is 21.5. The largest absolute Gasteiger partial charge is 0.452 e. The van der Waals surface area contributed by atoms with E-state index in [2.05, 4.69) is 0 Å². The number of ether oxygens (including phenoxy) is 1. The van der Waals surface area contributed by atoms with E-state index in [4.69, 9.17) is 27.9 Å². The minimum atomic E-state index is -3.11. The van der Waals surface area contributed by atoms with Gasteiger partial charge in [-0.3, -0.25) is 4.79 Å². The van der Waals surface area contributed by atoms with Gasteiger partial charge in [-0.05, 0) is 43.0 Å². The molecule has 0 aromatic heterocycles. The molecule has 1 saturated heterocycles. The average molecular weight is 460 g/mol. The van der Waals surface area contributed by atoms with E-state index < -0.39 is 22.4 Å². The molecule has 1 saturated carbocycles. The molecule has 1 amide bonds. The fourth-order valence-electron chi connectivity index (χ4n) is 3.92. The van der Waals surface area contributed by atoms with Crippen molar-refractivity contribution in [3.05, 3.63) is 39.9 Å². The maximum absolute atomic E-state index is 12.8. The van der Waals surface area contributed by atoms with Gasteiger partial charge in [0.25, 0.3) is 5.91 Å². The lowest BCUT2D eigenvalue weighted by molar-refractivity contribution is -0.150. The Morgan fingerprint density at radius 1 is 1.10 bits per heavy atom. The smallest absolute Gasteiger partial charge is 0.331 e. The van der Waals surface area contributed by atoms with Gasteiger partial charge in [0.05, 0.1) is 21.6 Å². The zero-order chi connectivity index (χ0) is 21.0. The van der Waals surface area contributed by atoms with Crippen LogP contribution in [-0.4, -0.2) is 55.4 Å². The Hall–Kier alpha value is -1.57. The predicted octanol–water partition coefficient (Wildman–Crippen LogP) is 3.51. The molecule has 2 aliphatic rings. The molecule has 1 atom stereocenters. The molecule has 9 heteroatoms. The van der Waals surface area contributed by atoms with Crippen molar-refractivity contribution in [3.8, 4) is 0 Å². The van der Waals surface area contributed by atoms with E-state index in [1.807, 2.05) is 0 Å². The van der Waals surface area contributed by atoms with Gasteiger partial charge in [0.15, 0.2) is 16.4 Å². The van der Waals surface area contributed by atoms with Gasteiger partial charge in [-0.15, -0.1) is 0 Å². The number of amides is 1. The molecule has 1 unspecified atom stereocenters. The first-order valence-corrected chi connectivity index (χ1v) is 12.1. The maximum atomic E-state index is 12.8. The third-order valence-electron chi connectivity index (χ3n) is 5.30. The van der Waals surface area contributed by atoms with Gasteiger partial charge >= 0.3 is 5.97 Å². The summed E-state index contributed by atoms with van der Waals surface area (Å²) in [5.74, 6) is -0.911. The number of hydrogen-bond acceptors (Lipinski definition) is 5. The maximum Gasteiger partial charge on any atom is 0.331 e. The van der Waals surface area contributed by atoms with Crippen molar-refractivity contribution in [1.82, 2.24) is 4.90 Å². The van der Waals surface area contributed by atoms with Crippen LogP contribution < -0.4 is 0 Å². The minimum absolute atomic E-state index is 0.0135. The van der Waals surface area contributed by atoms with Crippen molar-refractivity contribution in [3.63, 3.8) is 0 Å². The number of halogens is 2. The average Bonchev–Trinajstić information content (AvgIpc) is 3.31. The zero-order valence-electron chi connectivity index (χ0n) is 15.9. The number of benzene rings is 1. The second-order valence-electron chi connectivity index (χ2n) is 7.41. The molecule has 1 heterocycles. The van der Waals surface area contributed by atoms with Gasteiger partial charge in [0.1, 0.15) is 0 Å². The quantitative estimate of drug-likeness (QED) is 0.480. The highest BCUT2D eigenvalue weighted by molar-refractivity contribution is 7.91. The second kappa shape index (κ2) is 9.49. The Morgan fingerprint density at radius 2 is 1.83 bits per heavy atom. The molecule has 0 spiro atoms. The second-order valence-corrected chi connectivity index (χ2v) is 10.5. The highest BCUT2D eigenvalue weighted by Crippen LogP contribution is 2.29. The van der Waals surface area contributed by atoms with E-state index >= 15 is 0 Å². The topological polar surface area (TPSA) is 80.8 Å². The molecular formula is C20H23Cl2NO5S. The molecule has 1 aromatic carbocycles. The summed E-state index contributed by atoms with van der Waals surface area (Å²) in [6, 6.07) is 4.62. The molecule has 0 N–H and O–H groups in total. The Balaban J connectivity index is 1.59. The lowest BCUT2D eigenvalue weighted by Crippen LogP contribution is -2.48. The van der Waals surface area contributed by atoms with Crippen LogP contribution >= 0.6 is 23.2 Å². The molecule has 6 nitrogen and oxygen atoms in total. The summed E-state index contributed by atoms with van der Waals surface area (Å²) in [5.41, 5.74) is 0.673. The van der Waals surface area contributed by atoms with Crippen LogP contribution in [0.4, 0.5) is 0 Å². The third kappa shape index (κ3) is 5.96. The van der Waals surface area contributed by atoms with E-state index in [-0.39, 0.29) is 29.5 Å². The van der Waals surface area contributed by atoms with Crippen LogP contribution in [0.2, 0.25) is 10.0 Å². The summed E-state index contributed by atoms with van der Waals surface area (Å²) < 4.78 is 28.8. The van der Waals surface area contributed by atoms with Crippen LogP contribution in [0.15, 0.2) is 24.3 Å². The van der Waals surface area contributed by atoms with Crippen molar-refractivity contribution in [2.24, 2.45) is 0 Å². The SMILES string of the molecule is O=C(/C=C/c1ccc(Cl)c(Cl)c1)OCC(=O)N(C1CCCC1)C1CCS(=O)(=O)C1. The van der Waals surface area contributed by atoms with Crippen molar-refractivity contribution in [2.75, 3.05) is 18.1 Å². The summed E-state index contributed by atoms with van der Waals surface area (Å²) in [5, 5.41) is 0.786. The van der Waals surface area contributed by atoms with Gasteiger partial charge < -0.3 is 9.64 Å². The summed E-state index contributed by atoms with van der Waals surface area (Å²) >= 11 is 11.8. The molecule has 29 heavy (non-hydrogen) atoms. The van der Waals surface area contributed by atoms with Crippen molar-refractivity contribution >= 4 is 51.0 Å². The summed E-state index contributed by atoms with van der Waals surface area (Å²) in [7, 11) is -3.11. The lowest BCUT2D eigenvalue weighted by Gasteiger charge is -2.33. The number of rotatable bonds is 6. The molecule has 1 aliphatic carbocycles. The monoisotopic (exact) mass is 459 g/mol. The van der Waals surface area contributed by atoms with Crippen molar-refractivity contribution < 1.29 is 22.7 Å². The number of sulfone groups is 1. The Kier molecular flexibility index (Phi) is 7.24. The fraction of sp³-hybridized carbons (Fsp3) is 0.500. The van der Waals surface area contributed by atoms with Crippen molar-refractivity contribution in [1.29, 1.82) is 0 Å². The lowest BCUT2D eigenvalue weighted by atomic mass is 10.1. The number of esters is 1. The molecule has 2 fully saturated rings. The van der Waals surface area contributed by atoms with Gasteiger partial charge in [0.2, 0.25) is 0 Å². The molecular weight excluding hydrogens is 437 g/mol. The number of hydrogen-bond donors (Lipinski definition) is 0. The van der Waals surface area contributed by atoms with E-state index in [0.29, 0.717) is 22.0 Å². The Morgan fingerprint density at radius 3 is 2.45 bits per heavy atom. The Labute approximate surface area is 180 Å². The molecule has 0 bridgehead atoms. The number of carbonyl (C=O) groups excluding carboxylic acids is 2. The first kappa shape index (κ1) is 22.1. The Bertz CT molecular complexity index is 909. The van der Waals surface area contributed by atoms with E-state index in [9.17, 15) is 18.0 Å². The predicted molar refractivity (Wildman–Crippen MR) is 113 cm³/mol. The summed E-state index contributed by atoms with van der Waals surface area (Å²) in [6.07, 6.45) is 6.91. The van der Waals surface area contributed by atoms with Crippen LogP contribution in [0.5, 0.6) is 0 Å². The highest BCUT2D eigenvalue weighted by atomic mass is 35.5. The van der Waals surface area contributed by atoms with E-state index in [1.54, 1.807) is 23.1 Å². The van der Waals surface area contributed by atoms with Crippen LogP contribution in [0, 0.1) is 0 Å². The van der Waals surface area contributed by atoms with Crippen LogP contribution in [-0.2, 0) is 24.2 Å². The molecule has 1 aromatic rings. The first-order valence-electron chi connectivity index (χ1n) is 9.56.